The first-order valence-corrected chi connectivity index (χ1v) is 5.14. The van der Waals surface area contributed by atoms with Gasteiger partial charge in [0.05, 0.1) is 19.8 Å². The van der Waals surface area contributed by atoms with Gasteiger partial charge in [0, 0.05) is 7.11 Å². The first-order valence-electron chi connectivity index (χ1n) is 5.14. The monoisotopic (exact) mass is 235 g/mol. The number of aliphatic hydroxyl groups is 3. The Kier molecular flexibility index (Phi) is 5.88. The van der Waals surface area contributed by atoms with Crippen LogP contribution in [0.5, 0.6) is 0 Å². The van der Waals surface area contributed by atoms with E-state index in [9.17, 15) is 4.79 Å². The lowest BCUT2D eigenvalue weighted by molar-refractivity contribution is -0.146. The van der Waals surface area contributed by atoms with Crippen molar-refractivity contribution in [1.29, 1.82) is 0 Å². The van der Waals surface area contributed by atoms with Gasteiger partial charge >= 0.3 is 0 Å². The van der Waals surface area contributed by atoms with E-state index in [1.807, 2.05) is 0 Å². The van der Waals surface area contributed by atoms with Gasteiger partial charge in [-0.3, -0.25) is 4.79 Å². The molecule has 0 aromatic heterocycles. The van der Waals surface area contributed by atoms with Crippen molar-refractivity contribution in [2.45, 2.75) is 31.4 Å². The predicted octanol–water partition coefficient (Wildman–Crippen LogP) is -1.37. The quantitative estimate of drug-likeness (QED) is 0.436. The summed E-state index contributed by atoms with van der Waals surface area (Å²) >= 11 is 0. The Hall–Kier alpha value is -0.690. The molecule has 0 radical (unpaired) electrons. The highest BCUT2D eigenvalue weighted by molar-refractivity contribution is 5.85. The van der Waals surface area contributed by atoms with Crippen molar-refractivity contribution in [3.8, 4) is 0 Å². The Balaban J connectivity index is 4.76. The summed E-state index contributed by atoms with van der Waals surface area (Å²) < 4.78 is 5.07. The lowest BCUT2D eigenvalue weighted by Crippen LogP contribution is -2.61. The molecule has 1 unspecified atom stereocenters. The minimum Gasteiger partial charge on any atom is -0.394 e. The molecule has 0 saturated carbocycles. The molecule has 0 aliphatic carbocycles. The van der Waals surface area contributed by atoms with Gasteiger partial charge in [0.25, 0.3) is 5.91 Å². The highest BCUT2D eigenvalue weighted by atomic mass is 16.5. The summed E-state index contributed by atoms with van der Waals surface area (Å²) in [4.78, 5) is 11.8. The highest BCUT2D eigenvalue weighted by Gasteiger charge is 2.38. The maximum absolute atomic E-state index is 11.8. The lowest BCUT2D eigenvalue weighted by Gasteiger charge is -2.34. The first-order chi connectivity index (χ1) is 7.43. The Labute approximate surface area is 95.2 Å². The van der Waals surface area contributed by atoms with Gasteiger partial charge in [0.1, 0.15) is 11.1 Å². The van der Waals surface area contributed by atoms with Crippen LogP contribution in [-0.4, -0.2) is 59.3 Å². The SMILES string of the molecule is CCC(C)(OC)C(=O)NC(CO)(CO)CO. The predicted molar refractivity (Wildman–Crippen MR) is 57.8 cm³/mol. The fourth-order valence-corrected chi connectivity index (χ4v) is 1.04. The van der Waals surface area contributed by atoms with Crippen LogP contribution in [0.25, 0.3) is 0 Å². The van der Waals surface area contributed by atoms with Crippen LogP contribution in [0.2, 0.25) is 0 Å². The Morgan fingerprint density at radius 1 is 1.25 bits per heavy atom. The van der Waals surface area contributed by atoms with E-state index in [0.717, 1.165) is 0 Å². The number of amides is 1. The molecule has 96 valence electrons. The van der Waals surface area contributed by atoms with Crippen LogP contribution >= 0.6 is 0 Å². The van der Waals surface area contributed by atoms with Gasteiger partial charge in [-0.25, -0.2) is 0 Å². The van der Waals surface area contributed by atoms with E-state index < -0.39 is 36.9 Å². The molecule has 6 heteroatoms. The first kappa shape index (κ1) is 15.3. The smallest absolute Gasteiger partial charge is 0.252 e. The molecular weight excluding hydrogens is 214 g/mol. The second-order valence-corrected chi connectivity index (χ2v) is 4.00. The largest absolute Gasteiger partial charge is 0.394 e. The van der Waals surface area contributed by atoms with Crippen LogP contribution in [0.15, 0.2) is 0 Å². The van der Waals surface area contributed by atoms with E-state index in [2.05, 4.69) is 5.32 Å². The molecule has 4 N–H and O–H groups in total. The van der Waals surface area contributed by atoms with Crippen molar-refractivity contribution >= 4 is 5.91 Å². The molecular formula is C10H21NO5. The van der Waals surface area contributed by atoms with E-state index in [1.54, 1.807) is 13.8 Å². The fraction of sp³-hybridized carbons (Fsp3) is 0.900. The normalized spacial score (nSPS) is 15.6. The number of carbonyl (C=O) groups excluding carboxylic acids is 1. The summed E-state index contributed by atoms with van der Waals surface area (Å²) in [5.41, 5.74) is -2.45. The van der Waals surface area contributed by atoms with Crippen LogP contribution in [0.4, 0.5) is 0 Å². The maximum atomic E-state index is 11.8. The molecule has 0 spiro atoms. The minimum atomic E-state index is -1.41. The molecule has 0 aromatic carbocycles. The maximum Gasteiger partial charge on any atom is 0.252 e. The van der Waals surface area contributed by atoms with Crippen molar-refractivity contribution in [3.05, 3.63) is 0 Å². The Bertz CT molecular complexity index is 215. The molecule has 0 aliphatic rings. The molecule has 0 rings (SSSR count). The Morgan fingerprint density at radius 3 is 1.94 bits per heavy atom. The number of ether oxygens (including phenoxy) is 1. The third-order valence-electron chi connectivity index (χ3n) is 2.89. The second kappa shape index (κ2) is 6.15. The number of hydrogen-bond acceptors (Lipinski definition) is 5. The zero-order valence-electron chi connectivity index (χ0n) is 9.99. The van der Waals surface area contributed by atoms with E-state index in [4.69, 9.17) is 20.1 Å². The molecule has 1 atom stereocenters. The second-order valence-electron chi connectivity index (χ2n) is 4.00. The average molecular weight is 235 g/mol. The van der Waals surface area contributed by atoms with Gasteiger partial charge in [0.15, 0.2) is 0 Å². The summed E-state index contributed by atoms with van der Waals surface area (Å²) in [5, 5.41) is 29.6. The summed E-state index contributed by atoms with van der Waals surface area (Å²) in [7, 11) is 1.40. The molecule has 0 bridgehead atoms. The molecule has 0 saturated heterocycles. The summed E-state index contributed by atoms with van der Waals surface area (Å²) in [6.45, 7) is 1.74. The number of rotatable bonds is 7. The van der Waals surface area contributed by atoms with Crippen LogP contribution in [-0.2, 0) is 9.53 Å². The molecule has 1 amide bonds. The topological polar surface area (TPSA) is 99.0 Å². The van der Waals surface area contributed by atoms with Crippen LogP contribution < -0.4 is 5.32 Å². The van der Waals surface area contributed by atoms with Gasteiger partial charge in [-0.1, -0.05) is 6.92 Å². The van der Waals surface area contributed by atoms with Gasteiger partial charge < -0.3 is 25.4 Å². The zero-order valence-corrected chi connectivity index (χ0v) is 9.99. The van der Waals surface area contributed by atoms with E-state index in [-0.39, 0.29) is 0 Å². The van der Waals surface area contributed by atoms with Crippen molar-refractivity contribution in [2.75, 3.05) is 26.9 Å². The highest BCUT2D eigenvalue weighted by Crippen LogP contribution is 2.16. The van der Waals surface area contributed by atoms with Crippen LogP contribution in [0, 0.1) is 0 Å². The number of aliphatic hydroxyl groups excluding tert-OH is 3. The van der Waals surface area contributed by atoms with Crippen molar-refractivity contribution in [3.63, 3.8) is 0 Å². The molecule has 6 nitrogen and oxygen atoms in total. The average Bonchev–Trinajstić information content (AvgIpc) is 2.34. The Morgan fingerprint density at radius 2 is 1.69 bits per heavy atom. The van der Waals surface area contributed by atoms with E-state index in [1.165, 1.54) is 7.11 Å². The number of methoxy groups -OCH3 is 1. The fourth-order valence-electron chi connectivity index (χ4n) is 1.04. The van der Waals surface area contributed by atoms with E-state index in [0.29, 0.717) is 6.42 Å². The van der Waals surface area contributed by atoms with Crippen LogP contribution in [0.3, 0.4) is 0 Å². The molecule has 0 aromatic rings. The molecule has 0 heterocycles. The summed E-state index contributed by atoms with van der Waals surface area (Å²) in [5.74, 6) is -0.477. The summed E-state index contributed by atoms with van der Waals surface area (Å²) in [6, 6.07) is 0. The van der Waals surface area contributed by atoms with Gasteiger partial charge in [-0.05, 0) is 13.3 Å². The number of nitrogens with one attached hydrogen (secondary N) is 1. The summed E-state index contributed by atoms with van der Waals surface area (Å²) in [6.07, 6.45) is 0.438. The van der Waals surface area contributed by atoms with Crippen molar-refractivity contribution < 1.29 is 24.9 Å². The number of hydrogen-bond donors (Lipinski definition) is 4. The minimum absolute atomic E-state index is 0.438. The van der Waals surface area contributed by atoms with Gasteiger partial charge in [0.2, 0.25) is 0 Å². The lowest BCUT2D eigenvalue weighted by atomic mass is 9.97. The van der Waals surface area contributed by atoms with Gasteiger partial charge in [-0.2, -0.15) is 0 Å². The number of carbonyl (C=O) groups is 1. The van der Waals surface area contributed by atoms with Gasteiger partial charge in [-0.15, -0.1) is 0 Å². The third-order valence-corrected chi connectivity index (χ3v) is 2.89. The third kappa shape index (κ3) is 3.15. The van der Waals surface area contributed by atoms with E-state index >= 15 is 0 Å². The van der Waals surface area contributed by atoms with Crippen molar-refractivity contribution in [2.24, 2.45) is 0 Å². The zero-order chi connectivity index (χ0) is 12.8. The van der Waals surface area contributed by atoms with Crippen LogP contribution in [0.1, 0.15) is 20.3 Å². The molecule has 0 aliphatic heterocycles. The molecule has 16 heavy (non-hydrogen) atoms. The standard InChI is InChI=1S/C10H21NO5/c1-4-9(2,16-3)8(15)11-10(5-12,6-13)7-14/h12-14H,4-7H2,1-3H3,(H,11,15). The molecule has 0 fully saturated rings. The van der Waals surface area contributed by atoms with Crippen molar-refractivity contribution in [1.82, 2.24) is 5.32 Å².